The van der Waals surface area contributed by atoms with E-state index in [0.717, 1.165) is 27.8 Å². The maximum absolute atomic E-state index is 5.15. The number of benzene rings is 11. The van der Waals surface area contributed by atoms with Gasteiger partial charge in [-0.25, -0.2) is 15.0 Å². The molecule has 0 amide bonds. The van der Waals surface area contributed by atoms with Crippen LogP contribution in [0.2, 0.25) is 0 Å². The van der Waals surface area contributed by atoms with Gasteiger partial charge in [0.15, 0.2) is 17.5 Å². The summed E-state index contributed by atoms with van der Waals surface area (Å²) < 4.78 is 0. The predicted octanol–water partition coefficient (Wildman–Crippen LogP) is 15.1. The second kappa shape index (κ2) is 13.8. The zero-order chi connectivity index (χ0) is 39.6. The number of nitrogens with zero attached hydrogens (tertiary/aromatic N) is 3. The van der Waals surface area contributed by atoms with Crippen LogP contribution in [0.5, 0.6) is 0 Å². The molecule has 0 saturated heterocycles. The molecule has 12 aromatic rings. The minimum absolute atomic E-state index is 0.634. The van der Waals surface area contributed by atoms with Crippen LogP contribution < -0.4 is 0 Å². The van der Waals surface area contributed by atoms with E-state index in [0.29, 0.717) is 17.5 Å². The molecule has 0 aliphatic carbocycles. The van der Waals surface area contributed by atoms with E-state index in [4.69, 9.17) is 15.0 Å². The van der Waals surface area contributed by atoms with Crippen molar-refractivity contribution in [2.24, 2.45) is 0 Å². The average molecular weight is 762 g/mol. The normalized spacial score (nSPS) is 11.7. The number of hydrogen-bond acceptors (Lipinski definition) is 3. The van der Waals surface area contributed by atoms with Crippen LogP contribution in [0.15, 0.2) is 212 Å². The summed E-state index contributed by atoms with van der Waals surface area (Å²) in [5.74, 6) is 1.91. The van der Waals surface area contributed by atoms with Crippen LogP contribution in [0, 0.1) is 0 Å². The van der Waals surface area contributed by atoms with Gasteiger partial charge in [-0.2, -0.15) is 0 Å². The van der Waals surface area contributed by atoms with Gasteiger partial charge in [-0.1, -0.05) is 200 Å². The van der Waals surface area contributed by atoms with Crippen molar-refractivity contribution in [3.05, 3.63) is 212 Å². The van der Waals surface area contributed by atoms with E-state index >= 15 is 0 Å². The summed E-state index contributed by atoms with van der Waals surface area (Å²) in [6.07, 6.45) is 0. The first kappa shape index (κ1) is 34.1. The van der Waals surface area contributed by atoms with E-state index in [2.05, 4.69) is 194 Å². The molecular formula is C57H35N3. The second-order valence-electron chi connectivity index (χ2n) is 15.5. The lowest BCUT2D eigenvalue weighted by Gasteiger charge is -2.15. The SMILES string of the molecule is c1ccc(-c2nc(-c3ccc(-c4c5ccccc5cc5c4ccc4ccccc45)cc3)nc(-c3ccc(-c4c5ccccc5cc5c4ccc4ccccc45)cc3)n2)cc1. The quantitative estimate of drug-likeness (QED) is 0.129. The van der Waals surface area contributed by atoms with Crippen molar-refractivity contribution in [2.75, 3.05) is 0 Å². The zero-order valence-corrected chi connectivity index (χ0v) is 32.5. The molecule has 0 N–H and O–H groups in total. The topological polar surface area (TPSA) is 38.7 Å². The van der Waals surface area contributed by atoms with Gasteiger partial charge in [0, 0.05) is 16.7 Å². The van der Waals surface area contributed by atoms with E-state index in [1.54, 1.807) is 0 Å². The summed E-state index contributed by atoms with van der Waals surface area (Å²) in [4.78, 5) is 15.3. The van der Waals surface area contributed by atoms with Crippen LogP contribution in [0.25, 0.3) is 121 Å². The highest BCUT2D eigenvalue weighted by Gasteiger charge is 2.17. The van der Waals surface area contributed by atoms with Crippen LogP contribution in [0.1, 0.15) is 0 Å². The molecular weight excluding hydrogens is 727 g/mol. The smallest absolute Gasteiger partial charge is 0.164 e. The van der Waals surface area contributed by atoms with Crippen molar-refractivity contribution in [2.45, 2.75) is 0 Å². The minimum Gasteiger partial charge on any atom is -0.208 e. The Hall–Kier alpha value is -8.01. The van der Waals surface area contributed by atoms with Crippen LogP contribution in [0.3, 0.4) is 0 Å². The van der Waals surface area contributed by atoms with E-state index < -0.39 is 0 Å². The van der Waals surface area contributed by atoms with Crippen LogP contribution >= 0.6 is 0 Å². The molecule has 0 aliphatic heterocycles. The first-order chi connectivity index (χ1) is 29.7. The summed E-state index contributed by atoms with van der Waals surface area (Å²) in [5, 5.41) is 14.9. The van der Waals surface area contributed by atoms with Crippen molar-refractivity contribution in [3.63, 3.8) is 0 Å². The average Bonchev–Trinajstić information content (AvgIpc) is 3.32. The molecule has 60 heavy (non-hydrogen) atoms. The van der Waals surface area contributed by atoms with Gasteiger partial charge in [0.1, 0.15) is 0 Å². The van der Waals surface area contributed by atoms with E-state index in [9.17, 15) is 0 Å². The number of hydrogen-bond donors (Lipinski definition) is 0. The molecule has 12 rings (SSSR count). The largest absolute Gasteiger partial charge is 0.208 e. The Bertz CT molecular complexity index is 3410. The maximum atomic E-state index is 5.15. The van der Waals surface area contributed by atoms with Crippen molar-refractivity contribution in [1.82, 2.24) is 15.0 Å². The summed E-state index contributed by atoms with van der Waals surface area (Å²) in [6, 6.07) is 76.0. The van der Waals surface area contributed by atoms with Gasteiger partial charge in [0.2, 0.25) is 0 Å². The van der Waals surface area contributed by atoms with E-state index in [1.807, 2.05) is 18.2 Å². The molecule has 0 saturated carbocycles. The van der Waals surface area contributed by atoms with Gasteiger partial charge in [0.25, 0.3) is 0 Å². The second-order valence-corrected chi connectivity index (χ2v) is 15.5. The molecule has 1 aromatic heterocycles. The van der Waals surface area contributed by atoms with E-state index in [-0.39, 0.29) is 0 Å². The van der Waals surface area contributed by atoms with Gasteiger partial charge in [-0.3, -0.25) is 0 Å². The van der Waals surface area contributed by atoms with Crippen LogP contribution in [0.4, 0.5) is 0 Å². The van der Waals surface area contributed by atoms with Gasteiger partial charge < -0.3 is 0 Å². The Labute approximate surface area is 346 Å². The Morgan fingerprint density at radius 1 is 0.200 bits per heavy atom. The summed E-state index contributed by atoms with van der Waals surface area (Å²) in [7, 11) is 0. The first-order valence-electron chi connectivity index (χ1n) is 20.4. The minimum atomic E-state index is 0.634. The maximum Gasteiger partial charge on any atom is 0.164 e. The summed E-state index contributed by atoms with van der Waals surface area (Å²) in [6.45, 7) is 0. The molecule has 278 valence electrons. The Morgan fingerprint density at radius 2 is 0.533 bits per heavy atom. The fourth-order valence-corrected chi connectivity index (χ4v) is 9.18. The Morgan fingerprint density at radius 3 is 0.967 bits per heavy atom. The van der Waals surface area contributed by atoms with Crippen molar-refractivity contribution in [1.29, 1.82) is 0 Å². The molecule has 1 heterocycles. The molecule has 0 bridgehead atoms. The first-order valence-corrected chi connectivity index (χ1v) is 20.4. The molecule has 0 spiro atoms. The predicted molar refractivity (Wildman–Crippen MR) is 252 cm³/mol. The lowest BCUT2D eigenvalue weighted by Crippen LogP contribution is -2.00. The molecule has 3 nitrogen and oxygen atoms in total. The van der Waals surface area contributed by atoms with Crippen molar-refractivity contribution >= 4 is 64.6 Å². The molecule has 11 aromatic carbocycles. The number of aromatic nitrogens is 3. The standard InChI is InChI=1S/C57H35N3/c1-2-14-40(15-3-1)55-58-56(41-26-22-38(23-27-41)53-47-20-10-6-16-43(47)34-51-45-18-8-4-12-36(45)30-32-49(51)53)60-57(59-55)42-28-24-39(25-29-42)54-48-21-11-7-17-44(48)35-52-46-19-9-5-13-37(46)31-33-50(52)54/h1-35H. The van der Waals surface area contributed by atoms with Gasteiger partial charge in [-0.15, -0.1) is 0 Å². The lowest BCUT2D eigenvalue weighted by atomic mass is 9.89. The highest BCUT2D eigenvalue weighted by Crippen LogP contribution is 2.42. The lowest BCUT2D eigenvalue weighted by molar-refractivity contribution is 1.07. The number of fused-ring (bicyclic) bond motifs is 8. The monoisotopic (exact) mass is 761 g/mol. The molecule has 0 fully saturated rings. The van der Waals surface area contributed by atoms with Crippen molar-refractivity contribution < 1.29 is 0 Å². The van der Waals surface area contributed by atoms with Crippen LogP contribution in [-0.4, -0.2) is 15.0 Å². The third-order valence-electron chi connectivity index (χ3n) is 12.1. The molecule has 0 unspecified atom stereocenters. The van der Waals surface area contributed by atoms with Crippen LogP contribution in [-0.2, 0) is 0 Å². The highest BCUT2D eigenvalue weighted by molar-refractivity contribution is 6.21. The zero-order valence-electron chi connectivity index (χ0n) is 32.5. The number of rotatable bonds is 5. The van der Waals surface area contributed by atoms with Crippen molar-refractivity contribution in [3.8, 4) is 56.4 Å². The third kappa shape index (κ3) is 5.63. The fraction of sp³-hybridized carbons (Fsp3) is 0. The van der Waals surface area contributed by atoms with Gasteiger partial charge >= 0.3 is 0 Å². The fourth-order valence-electron chi connectivity index (χ4n) is 9.18. The molecule has 0 radical (unpaired) electrons. The van der Waals surface area contributed by atoms with Gasteiger partial charge in [0.05, 0.1) is 0 Å². The molecule has 3 heteroatoms. The highest BCUT2D eigenvalue weighted by atomic mass is 15.0. The summed E-state index contributed by atoms with van der Waals surface area (Å²) >= 11 is 0. The third-order valence-corrected chi connectivity index (χ3v) is 12.1. The Kier molecular flexibility index (Phi) is 7.85. The van der Waals surface area contributed by atoms with Gasteiger partial charge in [-0.05, 0) is 99.0 Å². The van der Waals surface area contributed by atoms with E-state index in [1.165, 1.54) is 75.8 Å². The Balaban J connectivity index is 0.979. The molecule has 0 atom stereocenters. The summed E-state index contributed by atoms with van der Waals surface area (Å²) in [5.41, 5.74) is 7.57. The molecule has 0 aliphatic rings.